The van der Waals surface area contributed by atoms with Crippen LogP contribution in [0.4, 0.5) is 0 Å². The fraction of sp³-hybridized carbons (Fsp3) is 0.667. The second-order valence-electron chi connectivity index (χ2n) is 1.45. The predicted molar refractivity (Wildman–Crippen MR) is 30.6 cm³/mol. The van der Waals surface area contributed by atoms with E-state index in [1.165, 1.54) is 13.8 Å². The summed E-state index contributed by atoms with van der Waals surface area (Å²) in [4.78, 5) is 18.5. The van der Waals surface area contributed by atoms with Crippen molar-refractivity contribution in [2.24, 2.45) is 0 Å². The first kappa shape index (κ1) is 16.8. The fourth-order valence-electron chi connectivity index (χ4n) is 0. The van der Waals surface area contributed by atoms with Crippen LogP contribution in [0.2, 0.25) is 0 Å². The minimum absolute atomic E-state index is 0. The zero-order chi connectivity index (χ0) is 8.57. The van der Waals surface area contributed by atoms with Crippen LogP contribution in [0.3, 0.4) is 0 Å². The van der Waals surface area contributed by atoms with Gasteiger partial charge in [0, 0.05) is 29.0 Å². The van der Waals surface area contributed by atoms with E-state index in [9.17, 15) is 19.8 Å². The standard InChI is InChI=1S/2C3H6O2.Cu/c2*1-2-3(4)5;/h2*2H2,1H3,(H,4,5);/p-2. The molecule has 11 heavy (non-hydrogen) atoms. The molecule has 0 atom stereocenters. The predicted octanol–water partition coefficient (Wildman–Crippen LogP) is -1.71. The van der Waals surface area contributed by atoms with Gasteiger partial charge in [0.05, 0.1) is 0 Å². The Kier molecular flexibility index (Phi) is 18.6. The smallest absolute Gasteiger partial charge is 0.0411 e. The van der Waals surface area contributed by atoms with Gasteiger partial charge in [-0.05, 0) is 12.8 Å². The molecule has 71 valence electrons. The normalized spacial score (nSPS) is 6.73. The summed E-state index contributed by atoms with van der Waals surface area (Å²) in [7, 11) is 0. The molecule has 0 aliphatic carbocycles. The van der Waals surface area contributed by atoms with Crippen molar-refractivity contribution in [3.63, 3.8) is 0 Å². The number of hydrogen-bond acceptors (Lipinski definition) is 4. The molecule has 0 aliphatic heterocycles. The van der Waals surface area contributed by atoms with Crippen molar-refractivity contribution in [3.05, 3.63) is 0 Å². The molecule has 0 rings (SSSR count). The number of carbonyl (C=O) groups excluding carboxylic acids is 2. The molecular weight excluding hydrogens is 200 g/mol. The Balaban J connectivity index is -0.000000107. The van der Waals surface area contributed by atoms with E-state index in [1.807, 2.05) is 0 Å². The molecule has 0 fully saturated rings. The average molecular weight is 210 g/mol. The van der Waals surface area contributed by atoms with E-state index in [4.69, 9.17) is 0 Å². The van der Waals surface area contributed by atoms with Gasteiger partial charge in [-0.1, -0.05) is 13.8 Å². The first-order valence-corrected chi connectivity index (χ1v) is 2.94. The van der Waals surface area contributed by atoms with Crippen molar-refractivity contribution < 1.29 is 36.9 Å². The van der Waals surface area contributed by atoms with Crippen molar-refractivity contribution in [1.29, 1.82) is 0 Å². The van der Waals surface area contributed by atoms with Gasteiger partial charge in [0.25, 0.3) is 0 Å². The van der Waals surface area contributed by atoms with E-state index in [1.54, 1.807) is 0 Å². The van der Waals surface area contributed by atoms with Gasteiger partial charge in [-0.3, -0.25) is 0 Å². The third-order valence-corrected chi connectivity index (χ3v) is 0.577. The number of carboxylic acid groups (broad SMARTS) is 2. The molecule has 0 saturated heterocycles. The Morgan fingerprint density at radius 3 is 1.09 bits per heavy atom. The van der Waals surface area contributed by atoms with Gasteiger partial charge in [-0.15, -0.1) is 0 Å². The largest absolute Gasteiger partial charge is 0.550 e. The summed E-state index contributed by atoms with van der Waals surface area (Å²) in [6.45, 7) is 3.07. The molecule has 0 bridgehead atoms. The van der Waals surface area contributed by atoms with Gasteiger partial charge in [0.2, 0.25) is 0 Å². The van der Waals surface area contributed by atoms with Crippen LogP contribution in [-0.4, -0.2) is 11.9 Å². The third-order valence-electron chi connectivity index (χ3n) is 0.577. The van der Waals surface area contributed by atoms with Crippen LogP contribution < -0.4 is 10.2 Å². The Morgan fingerprint density at radius 1 is 1.00 bits per heavy atom. The van der Waals surface area contributed by atoms with Gasteiger partial charge >= 0.3 is 0 Å². The van der Waals surface area contributed by atoms with Crippen molar-refractivity contribution in [3.8, 4) is 0 Å². The summed E-state index contributed by atoms with van der Waals surface area (Å²) >= 11 is 0. The van der Waals surface area contributed by atoms with Crippen molar-refractivity contribution in [1.82, 2.24) is 0 Å². The maximum atomic E-state index is 9.26. The Bertz CT molecular complexity index is 99.1. The Morgan fingerprint density at radius 2 is 1.09 bits per heavy atom. The molecule has 0 N–H and O–H groups in total. The molecule has 0 aromatic carbocycles. The van der Waals surface area contributed by atoms with E-state index in [0.717, 1.165) is 0 Å². The molecule has 0 spiro atoms. The minimum atomic E-state index is -0.995. The molecule has 0 aliphatic rings. The summed E-state index contributed by atoms with van der Waals surface area (Å²) in [5.74, 6) is -1.99. The van der Waals surface area contributed by atoms with Gasteiger partial charge in [-0.25, -0.2) is 0 Å². The van der Waals surface area contributed by atoms with Crippen LogP contribution in [-0.2, 0) is 26.7 Å². The van der Waals surface area contributed by atoms with Crippen LogP contribution in [0.25, 0.3) is 0 Å². The van der Waals surface area contributed by atoms with Gasteiger partial charge < -0.3 is 19.8 Å². The summed E-state index contributed by atoms with van der Waals surface area (Å²) in [5, 5.41) is 18.5. The van der Waals surface area contributed by atoms with Crippen LogP contribution in [0.5, 0.6) is 0 Å². The van der Waals surface area contributed by atoms with Crippen LogP contribution in [0.1, 0.15) is 26.7 Å². The number of carboxylic acids is 2. The molecule has 1 radical (unpaired) electrons. The van der Waals surface area contributed by atoms with Crippen molar-refractivity contribution >= 4 is 11.9 Å². The number of hydrogen-bond donors (Lipinski definition) is 0. The molecular formula is C6H10CuO4-2. The zero-order valence-corrected chi connectivity index (χ0v) is 7.29. The molecule has 5 heteroatoms. The fourth-order valence-corrected chi connectivity index (χ4v) is 0. The zero-order valence-electron chi connectivity index (χ0n) is 6.35. The van der Waals surface area contributed by atoms with Crippen LogP contribution in [0.15, 0.2) is 0 Å². The van der Waals surface area contributed by atoms with Gasteiger partial charge in [0.1, 0.15) is 0 Å². The van der Waals surface area contributed by atoms with E-state index < -0.39 is 11.9 Å². The van der Waals surface area contributed by atoms with Crippen molar-refractivity contribution in [2.45, 2.75) is 26.7 Å². The maximum Gasteiger partial charge on any atom is 0.0411 e. The monoisotopic (exact) mass is 209 g/mol. The SMILES string of the molecule is CCC(=O)[O-].CCC(=O)[O-].[Cu]. The molecule has 4 nitrogen and oxygen atoms in total. The third kappa shape index (κ3) is 44.0. The molecule has 0 aromatic heterocycles. The van der Waals surface area contributed by atoms with Crippen LogP contribution in [0, 0.1) is 0 Å². The van der Waals surface area contributed by atoms with E-state index in [-0.39, 0.29) is 29.9 Å². The summed E-state index contributed by atoms with van der Waals surface area (Å²) in [5.41, 5.74) is 0. The second-order valence-corrected chi connectivity index (χ2v) is 1.45. The van der Waals surface area contributed by atoms with Gasteiger partial charge in [-0.2, -0.15) is 0 Å². The molecule has 0 heterocycles. The summed E-state index contributed by atoms with van der Waals surface area (Å²) in [6, 6.07) is 0. The molecule has 0 unspecified atom stereocenters. The second kappa shape index (κ2) is 12.2. The average Bonchev–Trinajstić information content (AvgIpc) is 1.89. The topological polar surface area (TPSA) is 80.3 Å². The number of carbonyl (C=O) groups is 2. The molecule has 0 amide bonds. The Labute approximate surface area is 76.1 Å². The van der Waals surface area contributed by atoms with E-state index in [2.05, 4.69) is 0 Å². The summed E-state index contributed by atoms with van der Waals surface area (Å²) < 4.78 is 0. The summed E-state index contributed by atoms with van der Waals surface area (Å²) in [6.07, 6.45) is 0.222. The Hall–Kier alpha value is -0.541. The first-order chi connectivity index (χ1) is 4.54. The number of aliphatic carboxylic acids is 2. The first-order valence-electron chi connectivity index (χ1n) is 2.94. The minimum Gasteiger partial charge on any atom is -0.550 e. The van der Waals surface area contributed by atoms with E-state index in [0.29, 0.717) is 0 Å². The maximum absolute atomic E-state index is 9.26. The van der Waals surface area contributed by atoms with Crippen molar-refractivity contribution in [2.75, 3.05) is 0 Å². The van der Waals surface area contributed by atoms with Gasteiger partial charge in [0.15, 0.2) is 0 Å². The number of rotatable bonds is 2. The van der Waals surface area contributed by atoms with E-state index >= 15 is 0 Å². The molecule has 0 saturated carbocycles. The quantitative estimate of drug-likeness (QED) is 0.508. The van der Waals surface area contributed by atoms with Crippen LogP contribution >= 0.6 is 0 Å². The molecule has 0 aromatic rings.